The predicted octanol–water partition coefficient (Wildman–Crippen LogP) is 4.47. The lowest BCUT2D eigenvalue weighted by molar-refractivity contribution is 0.119. The summed E-state index contributed by atoms with van der Waals surface area (Å²) >= 11 is 10.2. The Kier molecular flexibility index (Phi) is 4.57. The highest BCUT2D eigenvalue weighted by Crippen LogP contribution is 2.42. The van der Waals surface area contributed by atoms with Crippen molar-refractivity contribution in [2.24, 2.45) is 5.92 Å². The number of aryl methyl sites for hydroxylation is 1. The van der Waals surface area contributed by atoms with Crippen LogP contribution in [-0.2, 0) is 4.74 Å². The van der Waals surface area contributed by atoms with E-state index in [1.807, 2.05) is 13.0 Å². The summed E-state index contributed by atoms with van der Waals surface area (Å²) in [5, 5.41) is -0.0678. The second-order valence-corrected chi connectivity index (χ2v) is 6.21. The van der Waals surface area contributed by atoms with E-state index in [2.05, 4.69) is 28.9 Å². The van der Waals surface area contributed by atoms with Crippen LogP contribution in [0.5, 0.6) is 5.75 Å². The van der Waals surface area contributed by atoms with E-state index in [9.17, 15) is 0 Å². The average Bonchev–Trinajstić information content (AvgIpc) is 2.78. The van der Waals surface area contributed by atoms with Crippen molar-refractivity contribution >= 4 is 27.5 Å². The van der Waals surface area contributed by atoms with E-state index in [4.69, 9.17) is 21.1 Å². The summed E-state index contributed by atoms with van der Waals surface area (Å²) in [6.07, 6.45) is 1.30. The Balaban J connectivity index is 2.29. The molecule has 0 N–H and O–H groups in total. The monoisotopic (exact) mass is 332 g/mol. The molecule has 0 amide bonds. The third kappa shape index (κ3) is 2.84. The Labute approximate surface area is 122 Å². The molecule has 2 rings (SSSR count). The highest BCUT2D eigenvalue weighted by molar-refractivity contribution is 9.10. The van der Waals surface area contributed by atoms with Gasteiger partial charge in [-0.3, -0.25) is 0 Å². The van der Waals surface area contributed by atoms with Crippen LogP contribution >= 0.6 is 27.5 Å². The minimum absolute atomic E-state index is 0.0678. The van der Waals surface area contributed by atoms with Crippen molar-refractivity contribution in [1.82, 2.24) is 0 Å². The first-order valence-electron chi connectivity index (χ1n) is 6.12. The highest BCUT2D eigenvalue weighted by atomic mass is 79.9. The van der Waals surface area contributed by atoms with Crippen LogP contribution in [0.1, 0.15) is 29.8 Å². The van der Waals surface area contributed by atoms with Crippen LogP contribution in [0, 0.1) is 12.8 Å². The van der Waals surface area contributed by atoms with Gasteiger partial charge in [-0.05, 0) is 38.0 Å². The minimum Gasteiger partial charge on any atom is -0.496 e. The molecule has 4 heteroatoms. The molecule has 0 bridgehead atoms. The van der Waals surface area contributed by atoms with Crippen molar-refractivity contribution in [2.75, 3.05) is 13.7 Å². The molecule has 1 fully saturated rings. The number of methoxy groups -OCH3 is 1. The summed E-state index contributed by atoms with van der Waals surface area (Å²) in [4.78, 5) is 0. The summed E-state index contributed by atoms with van der Waals surface area (Å²) in [6.45, 7) is 4.86. The van der Waals surface area contributed by atoms with Crippen LogP contribution in [0.25, 0.3) is 0 Å². The van der Waals surface area contributed by atoms with Crippen LogP contribution in [0.2, 0.25) is 0 Å². The van der Waals surface area contributed by atoms with Gasteiger partial charge in [0.25, 0.3) is 0 Å². The SMILES string of the molecule is COc1cc(C)c(Br)cc1C(Cl)C1COC(C)C1. The zero-order chi connectivity index (χ0) is 13.3. The Morgan fingerprint density at radius 2 is 2.22 bits per heavy atom. The molecule has 0 spiro atoms. The molecule has 100 valence electrons. The normalized spacial score (nSPS) is 25.2. The number of benzene rings is 1. The smallest absolute Gasteiger partial charge is 0.123 e. The molecule has 0 aliphatic carbocycles. The summed E-state index contributed by atoms with van der Waals surface area (Å²) in [5.41, 5.74) is 2.19. The van der Waals surface area contributed by atoms with Gasteiger partial charge in [0.2, 0.25) is 0 Å². The molecule has 3 unspecified atom stereocenters. The van der Waals surface area contributed by atoms with E-state index in [1.165, 1.54) is 0 Å². The first kappa shape index (κ1) is 14.2. The largest absolute Gasteiger partial charge is 0.496 e. The van der Waals surface area contributed by atoms with Crippen molar-refractivity contribution < 1.29 is 9.47 Å². The number of hydrogen-bond donors (Lipinski definition) is 0. The molecule has 1 aromatic carbocycles. The average molecular weight is 334 g/mol. The van der Waals surface area contributed by atoms with Crippen molar-refractivity contribution in [3.8, 4) is 5.75 Å². The van der Waals surface area contributed by atoms with Gasteiger partial charge in [-0.15, -0.1) is 11.6 Å². The van der Waals surface area contributed by atoms with Gasteiger partial charge in [0, 0.05) is 16.0 Å². The highest BCUT2D eigenvalue weighted by Gasteiger charge is 2.31. The van der Waals surface area contributed by atoms with Crippen LogP contribution in [-0.4, -0.2) is 19.8 Å². The molecule has 1 aromatic rings. The first-order valence-corrected chi connectivity index (χ1v) is 7.35. The van der Waals surface area contributed by atoms with E-state index in [1.54, 1.807) is 7.11 Å². The Bertz CT molecular complexity index is 436. The fourth-order valence-corrected chi connectivity index (χ4v) is 3.08. The number of alkyl halides is 1. The molecule has 18 heavy (non-hydrogen) atoms. The first-order chi connectivity index (χ1) is 8.52. The fourth-order valence-electron chi connectivity index (χ4n) is 2.37. The van der Waals surface area contributed by atoms with E-state index in [0.717, 1.165) is 34.4 Å². The molecule has 1 saturated heterocycles. The lowest BCUT2D eigenvalue weighted by atomic mass is 9.95. The molecule has 2 nitrogen and oxygen atoms in total. The lowest BCUT2D eigenvalue weighted by Crippen LogP contribution is -2.09. The lowest BCUT2D eigenvalue weighted by Gasteiger charge is -2.20. The second-order valence-electron chi connectivity index (χ2n) is 4.88. The molecule has 0 radical (unpaired) electrons. The Hall–Kier alpha value is -0.250. The second kappa shape index (κ2) is 5.81. The van der Waals surface area contributed by atoms with Gasteiger partial charge < -0.3 is 9.47 Å². The quantitative estimate of drug-likeness (QED) is 0.760. The summed E-state index contributed by atoms with van der Waals surface area (Å²) < 4.78 is 12.1. The Morgan fingerprint density at radius 3 is 2.78 bits per heavy atom. The van der Waals surface area contributed by atoms with Crippen LogP contribution in [0.3, 0.4) is 0 Å². The zero-order valence-electron chi connectivity index (χ0n) is 10.9. The van der Waals surface area contributed by atoms with E-state index < -0.39 is 0 Å². The van der Waals surface area contributed by atoms with E-state index >= 15 is 0 Å². The van der Waals surface area contributed by atoms with Gasteiger partial charge in [0.05, 0.1) is 25.2 Å². The molecule has 0 saturated carbocycles. The minimum atomic E-state index is -0.0678. The molecule has 1 aliphatic heterocycles. The van der Waals surface area contributed by atoms with E-state index in [0.29, 0.717) is 12.0 Å². The van der Waals surface area contributed by atoms with Gasteiger partial charge in [-0.25, -0.2) is 0 Å². The fraction of sp³-hybridized carbons (Fsp3) is 0.571. The zero-order valence-corrected chi connectivity index (χ0v) is 13.2. The molecule has 0 aromatic heterocycles. The molecule has 3 atom stereocenters. The van der Waals surface area contributed by atoms with Gasteiger partial charge in [-0.1, -0.05) is 15.9 Å². The van der Waals surface area contributed by atoms with Crippen molar-refractivity contribution in [3.05, 3.63) is 27.7 Å². The van der Waals surface area contributed by atoms with Gasteiger partial charge in [0.1, 0.15) is 5.75 Å². The Morgan fingerprint density at radius 1 is 1.50 bits per heavy atom. The van der Waals surface area contributed by atoms with Crippen LogP contribution < -0.4 is 4.74 Å². The third-order valence-corrected chi connectivity index (χ3v) is 4.90. The van der Waals surface area contributed by atoms with Crippen molar-refractivity contribution in [2.45, 2.75) is 31.7 Å². The third-order valence-electron chi connectivity index (χ3n) is 3.45. The summed E-state index contributed by atoms with van der Waals surface area (Å²) in [7, 11) is 1.68. The number of halogens is 2. The van der Waals surface area contributed by atoms with Gasteiger partial charge in [-0.2, -0.15) is 0 Å². The number of ether oxygens (including phenoxy) is 2. The number of hydrogen-bond acceptors (Lipinski definition) is 2. The predicted molar refractivity (Wildman–Crippen MR) is 77.5 cm³/mol. The standard InChI is InChI=1S/C14H18BrClO2/c1-8-4-13(17-3)11(6-12(8)15)14(16)10-5-9(2)18-7-10/h4,6,9-10,14H,5,7H2,1-3H3. The maximum atomic E-state index is 6.61. The maximum absolute atomic E-state index is 6.61. The van der Waals surface area contributed by atoms with Crippen LogP contribution in [0.4, 0.5) is 0 Å². The van der Waals surface area contributed by atoms with Gasteiger partial charge >= 0.3 is 0 Å². The topological polar surface area (TPSA) is 18.5 Å². The van der Waals surface area contributed by atoms with Gasteiger partial charge in [0.15, 0.2) is 0 Å². The van der Waals surface area contributed by atoms with Crippen molar-refractivity contribution in [1.29, 1.82) is 0 Å². The molecule has 1 aliphatic rings. The summed E-state index contributed by atoms with van der Waals surface area (Å²) in [5.74, 6) is 1.21. The van der Waals surface area contributed by atoms with Crippen LogP contribution in [0.15, 0.2) is 16.6 Å². The summed E-state index contributed by atoms with van der Waals surface area (Å²) in [6, 6.07) is 4.09. The maximum Gasteiger partial charge on any atom is 0.123 e. The molecular formula is C14H18BrClO2. The van der Waals surface area contributed by atoms with Crippen molar-refractivity contribution in [3.63, 3.8) is 0 Å². The number of rotatable bonds is 3. The van der Waals surface area contributed by atoms with E-state index in [-0.39, 0.29) is 5.38 Å². The molecule has 1 heterocycles. The molecular weight excluding hydrogens is 316 g/mol.